The zero-order chi connectivity index (χ0) is 14.4. The highest BCUT2D eigenvalue weighted by atomic mass is 16.6. The summed E-state index contributed by atoms with van der Waals surface area (Å²) in [5, 5.41) is 14.0. The van der Waals surface area contributed by atoms with E-state index in [1.54, 1.807) is 24.3 Å². The number of likely N-dealkylation sites (N-methyl/N-ethyl adjacent to an activating group) is 1. The van der Waals surface area contributed by atoms with Gasteiger partial charge in [0.15, 0.2) is 0 Å². The second kappa shape index (κ2) is 7.21. The lowest BCUT2D eigenvalue weighted by atomic mass is 10.0. The molecule has 1 N–H and O–H groups in total. The van der Waals surface area contributed by atoms with Crippen molar-refractivity contribution in [1.29, 1.82) is 0 Å². The van der Waals surface area contributed by atoms with Gasteiger partial charge >= 0.3 is 0 Å². The van der Waals surface area contributed by atoms with Gasteiger partial charge in [-0.25, -0.2) is 0 Å². The number of rotatable bonds is 7. The van der Waals surface area contributed by atoms with Crippen LogP contribution < -0.4 is 5.32 Å². The lowest BCUT2D eigenvalue weighted by Crippen LogP contribution is -2.41. The van der Waals surface area contributed by atoms with E-state index in [1.807, 2.05) is 0 Å². The standard InChI is InChI=1S/C14H23N3O2/c1-11(2)14(16(3)4)10-15-9-12-5-7-13(8-6-12)17(18)19/h5-8,11,14-15H,9-10H2,1-4H3. The number of nitrogens with one attached hydrogen (secondary N) is 1. The lowest BCUT2D eigenvalue weighted by molar-refractivity contribution is -0.384. The normalized spacial score (nSPS) is 12.9. The van der Waals surface area contributed by atoms with Crippen molar-refractivity contribution in [2.45, 2.75) is 26.4 Å². The summed E-state index contributed by atoms with van der Waals surface area (Å²) < 4.78 is 0. The quantitative estimate of drug-likeness (QED) is 0.607. The molecule has 0 heterocycles. The van der Waals surface area contributed by atoms with E-state index in [4.69, 9.17) is 0 Å². The molecule has 0 aliphatic carbocycles. The van der Waals surface area contributed by atoms with E-state index >= 15 is 0 Å². The first-order valence-corrected chi connectivity index (χ1v) is 6.52. The Morgan fingerprint density at radius 2 is 1.84 bits per heavy atom. The van der Waals surface area contributed by atoms with Crippen LogP contribution in [0.1, 0.15) is 19.4 Å². The second-order valence-corrected chi connectivity index (χ2v) is 5.33. The van der Waals surface area contributed by atoms with Crippen LogP contribution in [-0.2, 0) is 6.54 Å². The minimum absolute atomic E-state index is 0.136. The minimum Gasteiger partial charge on any atom is -0.311 e. The van der Waals surface area contributed by atoms with Crippen molar-refractivity contribution >= 4 is 5.69 Å². The van der Waals surface area contributed by atoms with Crippen molar-refractivity contribution < 1.29 is 4.92 Å². The summed E-state index contributed by atoms with van der Waals surface area (Å²) in [5.74, 6) is 0.583. The van der Waals surface area contributed by atoms with Crippen molar-refractivity contribution in [3.05, 3.63) is 39.9 Å². The molecule has 5 nitrogen and oxygen atoms in total. The summed E-state index contributed by atoms with van der Waals surface area (Å²) in [5.41, 5.74) is 1.20. The summed E-state index contributed by atoms with van der Waals surface area (Å²) in [7, 11) is 4.16. The molecule has 1 aromatic rings. The van der Waals surface area contributed by atoms with E-state index in [2.05, 4.69) is 38.2 Å². The molecule has 106 valence electrons. The van der Waals surface area contributed by atoms with Crippen molar-refractivity contribution in [1.82, 2.24) is 10.2 Å². The van der Waals surface area contributed by atoms with Crippen LogP contribution in [0.25, 0.3) is 0 Å². The monoisotopic (exact) mass is 265 g/mol. The largest absolute Gasteiger partial charge is 0.311 e. The number of nitro groups is 1. The predicted molar refractivity (Wildman–Crippen MR) is 77.1 cm³/mol. The van der Waals surface area contributed by atoms with Crippen LogP contribution in [0.2, 0.25) is 0 Å². The highest BCUT2D eigenvalue weighted by Gasteiger charge is 2.14. The van der Waals surface area contributed by atoms with E-state index in [0.29, 0.717) is 12.0 Å². The van der Waals surface area contributed by atoms with Crippen LogP contribution in [0.3, 0.4) is 0 Å². The first-order chi connectivity index (χ1) is 8.91. The third-order valence-corrected chi connectivity index (χ3v) is 3.26. The average molecular weight is 265 g/mol. The van der Waals surface area contributed by atoms with E-state index in [1.165, 1.54) is 0 Å². The molecule has 0 fully saturated rings. The molecule has 0 saturated carbocycles. The molecule has 0 spiro atoms. The number of nitro benzene ring substituents is 1. The lowest BCUT2D eigenvalue weighted by Gasteiger charge is -2.28. The molecule has 1 aromatic carbocycles. The van der Waals surface area contributed by atoms with Gasteiger partial charge in [-0.2, -0.15) is 0 Å². The van der Waals surface area contributed by atoms with E-state index in [9.17, 15) is 10.1 Å². The first-order valence-electron chi connectivity index (χ1n) is 6.52. The molecule has 0 amide bonds. The third kappa shape index (κ3) is 4.96. The Morgan fingerprint density at radius 3 is 2.26 bits per heavy atom. The molecule has 0 aromatic heterocycles. The summed E-state index contributed by atoms with van der Waals surface area (Å²) in [4.78, 5) is 12.4. The van der Waals surface area contributed by atoms with Crippen molar-refractivity contribution in [3.8, 4) is 0 Å². The summed E-state index contributed by atoms with van der Waals surface area (Å²) in [6, 6.07) is 7.17. The Hall–Kier alpha value is -1.46. The first kappa shape index (κ1) is 15.6. The van der Waals surface area contributed by atoms with Gasteiger partial charge in [-0.15, -0.1) is 0 Å². The molecule has 19 heavy (non-hydrogen) atoms. The van der Waals surface area contributed by atoms with Crippen LogP contribution in [0, 0.1) is 16.0 Å². The molecule has 0 bridgehead atoms. The van der Waals surface area contributed by atoms with Crippen molar-refractivity contribution in [2.75, 3.05) is 20.6 Å². The molecule has 0 aliphatic rings. The van der Waals surface area contributed by atoms with Gasteiger partial charge in [-0.1, -0.05) is 26.0 Å². The van der Waals surface area contributed by atoms with Gasteiger partial charge < -0.3 is 10.2 Å². The summed E-state index contributed by atoms with van der Waals surface area (Å²) in [6.45, 7) is 6.05. The van der Waals surface area contributed by atoms with Crippen LogP contribution in [-0.4, -0.2) is 36.5 Å². The molecule has 0 saturated heterocycles. The molecule has 1 unspecified atom stereocenters. The number of non-ortho nitro benzene ring substituents is 1. The van der Waals surface area contributed by atoms with Crippen LogP contribution in [0.5, 0.6) is 0 Å². The van der Waals surface area contributed by atoms with Gasteiger partial charge in [0.1, 0.15) is 0 Å². The fraction of sp³-hybridized carbons (Fsp3) is 0.571. The Kier molecular flexibility index (Phi) is 5.92. The number of nitrogens with zero attached hydrogens (tertiary/aromatic N) is 2. The predicted octanol–water partition coefficient (Wildman–Crippen LogP) is 2.27. The number of benzene rings is 1. The van der Waals surface area contributed by atoms with Crippen LogP contribution in [0.4, 0.5) is 5.69 Å². The Morgan fingerprint density at radius 1 is 1.26 bits per heavy atom. The molecule has 5 heteroatoms. The van der Waals surface area contributed by atoms with Gasteiger partial charge in [0.05, 0.1) is 4.92 Å². The minimum atomic E-state index is -0.377. The van der Waals surface area contributed by atoms with Gasteiger partial charge in [0.2, 0.25) is 0 Å². The van der Waals surface area contributed by atoms with E-state index in [0.717, 1.165) is 18.7 Å². The Balaban J connectivity index is 2.46. The molecular formula is C14H23N3O2. The molecule has 0 aliphatic heterocycles. The molecule has 0 radical (unpaired) electrons. The maximum Gasteiger partial charge on any atom is 0.269 e. The smallest absolute Gasteiger partial charge is 0.269 e. The summed E-state index contributed by atoms with van der Waals surface area (Å²) in [6.07, 6.45) is 0. The fourth-order valence-electron chi connectivity index (χ4n) is 2.11. The molecular weight excluding hydrogens is 242 g/mol. The second-order valence-electron chi connectivity index (χ2n) is 5.33. The van der Waals surface area contributed by atoms with Crippen molar-refractivity contribution in [2.24, 2.45) is 5.92 Å². The highest BCUT2D eigenvalue weighted by Crippen LogP contribution is 2.12. The summed E-state index contributed by atoms with van der Waals surface area (Å²) >= 11 is 0. The van der Waals surface area contributed by atoms with Crippen LogP contribution in [0.15, 0.2) is 24.3 Å². The van der Waals surface area contributed by atoms with Gasteiger partial charge in [-0.05, 0) is 25.6 Å². The fourth-order valence-corrected chi connectivity index (χ4v) is 2.11. The van der Waals surface area contributed by atoms with E-state index in [-0.39, 0.29) is 10.6 Å². The molecule has 1 atom stereocenters. The Bertz CT molecular complexity index is 394. The average Bonchev–Trinajstić information content (AvgIpc) is 2.34. The van der Waals surface area contributed by atoms with Gasteiger partial charge in [-0.3, -0.25) is 10.1 Å². The maximum absolute atomic E-state index is 10.5. The van der Waals surface area contributed by atoms with Crippen molar-refractivity contribution in [3.63, 3.8) is 0 Å². The maximum atomic E-state index is 10.5. The zero-order valence-electron chi connectivity index (χ0n) is 12.1. The SMILES string of the molecule is CC(C)C(CNCc1ccc([N+](=O)[O-])cc1)N(C)C. The van der Waals surface area contributed by atoms with Gasteiger partial charge in [0.25, 0.3) is 5.69 Å². The Labute approximate surface area is 114 Å². The highest BCUT2D eigenvalue weighted by molar-refractivity contribution is 5.32. The number of hydrogen-bond donors (Lipinski definition) is 1. The van der Waals surface area contributed by atoms with Crippen LogP contribution >= 0.6 is 0 Å². The zero-order valence-corrected chi connectivity index (χ0v) is 12.1. The molecule has 1 rings (SSSR count). The van der Waals surface area contributed by atoms with E-state index < -0.39 is 0 Å². The van der Waals surface area contributed by atoms with Gasteiger partial charge in [0, 0.05) is 31.3 Å². The third-order valence-electron chi connectivity index (χ3n) is 3.26. The number of hydrogen-bond acceptors (Lipinski definition) is 4. The topological polar surface area (TPSA) is 58.4 Å².